The summed E-state index contributed by atoms with van der Waals surface area (Å²) in [7, 11) is 0. The van der Waals surface area contributed by atoms with Gasteiger partial charge in [-0.3, -0.25) is 4.79 Å². The van der Waals surface area contributed by atoms with Gasteiger partial charge in [0.15, 0.2) is 0 Å². The molecule has 0 aromatic rings. The maximum atomic E-state index is 11.9. The molecule has 2 aliphatic heterocycles. The number of amides is 1. The summed E-state index contributed by atoms with van der Waals surface area (Å²) < 4.78 is 5.18. The average molecular weight is 183 g/mol. The van der Waals surface area contributed by atoms with E-state index in [0.717, 1.165) is 26.2 Å². The number of carbonyl (C=O) groups is 1. The third-order valence-corrected chi connectivity index (χ3v) is 3.00. The van der Waals surface area contributed by atoms with Crippen molar-refractivity contribution in [3.63, 3.8) is 0 Å². The predicted octanol–water partition coefficient (Wildman–Crippen LogP) is 1.03. The van der Waals surface area contributed by atoms with Crippen molar-refractivity contribution < 1.29 is 9.53 Å². The van der Waals surface area contributed by atoms with E-state index < -0.39 is 0 Å². The Kier molecular flexibility index (Phi) is 1.71. The molecule has 0 bridgehead atoms. The van der Waals surface area contributed by atoms with Crippen LogP contribution in [0, 0.1) is 5.41 Å². The molecule has 2 aliphatic rings. The first-order chi connectivity index (χ1) is 5.96. The van der Waals surface area contributed by atoms with Crippen molar-refractivity contribution in [2.24, 2.45) is 5.41 Å². The second-order valence-corrected chi connectivity index (χ2v) is 5.17. The summed E-state index contributed by atoms with van der Waals surface area (Å²) >= 11 is 0. The van der Waals surface area contributed by atoms with E-state index in [4.69, 9.17) is 4.74 Å². The summed E-state index contributed by atoms with van der Waals surface area (Å²) in [6, 6.07) is 0. The van der Waals surface area contributed by atoms with Crippen molar-refractivity contribution in [1.82, 2.24) is 4.90 Å². The number of ether oxygens (including phenoxy) is 1. The molecule has 0 atom stereocenters. The highest BCUT2D eigenvalue weighted by Gasteiger charge is 2.54. The third kappa shape index (κ3) is 1.17. The Bertz CT molecular complexity index is 232. The van der Waals surface area contributed by atoms with Crippen LogP contribution in [-0.2, 0) is 9.53 Å². The van der Waals surface area contributed by atoms with Crippen molar-refractivity contribution in [3.05, 3.63) is 0 Å². The summed E-state index contributed by atoms with van der Waals surface area (Å²) in [5, 5.41) is 0. The standard InChI is InChI=1S/C10H17NO2/c1-9(2,3)8(12)11-5-4-10(11)6-13-7-10/h4-7H2,1-3H3. The van der Waals surface area contributed by atoms with Crippen LogP contribution < -0.4 is 0 Å². The highest BCUT2D eigenvalue weighted by Crippen LogP contribution is 2.39. The molecule has 1 spiro atoms. The van der Waals surface area contributed by atoms with E-state index in [2.05, 4.69) is 0 Å². The molecule has 0 aromatic carbocycles. The quantitative estimate of drug-likeness (QED) is 0.561. The summed E-state index contributed by atoms with van der Waals surface area (Å²) in [6.45, 7) is 8.33. The molecule has 0 radical (unpaired) electrons. The van der Waals surface area contributed by atoms with Crippen LogP contribution in [0.5, 0.6) is 0 Å². The van der Waals surface area contributed by atoms with E-state index in [-0.39, 0.29) is 16.9 Å². The van der Waals surface area contributed by atoms with Crippen LogP contribution in [0.25, 0.3) is 0 Å². The minimum atomic E-state index is -0.247. The first-order valence-electron chi connectivity index (χ1n) is 4.86. The van der Waals surface area contributed by atoms with Gasteiger partial charge in [0, 0.05) is 12.0 Å². The highest BCUT2D eigenvalue weighted by molar-refractivity contribution is 5.83. The molecule has 0 N–H and O–H groups in total. The fourth-order valence-corrected chi connectivity index (χ4v) is 1.90. The molecule has 3 heteroatoms. The topological polar surface area (TPSA) is 29.5 Å². The zero-order chi connectivity index (χ0) is 9.69. The van der Waals surface area contributed by atoms with Gasteiger partial charge in [0.25, 0.3) is 0 Å². The molecule has 0 saturated carbocycles. The Morgan fingerprint density at radius 2 is 2.00 bits per heavy atom. The lowest BCUT2D eigenvalue weighted by atomic mass is 9.79. The number of rotatable bonds is 0. The molecule has 0 aliphatic carbocycles. The van der Waals surface area contributed by atoms with Crippen molar-refractivity contribution in [1.29, 1.82) is 0 Å². The first-order valence-corrected chi connectivity index (χ1v) is 4.86. The Hall–Kier alpha value is -0.570. The molecule has 2 fully saturated rings. The normalized spacial score (nSPS) is 25.3. The molecule has 13 heavy (non-hydrogen) atoms. The Morgan fingerprint density at radius 1 is 1.38 bits per heavy atom. The Labute approximate surface area is 79.0 Å². The SMILES string of the molecule is CC(C)(C)C(=O)N1CCC12COC2. The van der Waals surface area contributed by atoms with Gasteiger partial charge in [-0.25, -0.2) is 0 Å². The second-order valence-electron chi connectivity index (χ2n) is 5.17. The van der Waals surface area contributed by atoms with E-state index in [1.54, 1.807) is 0 Å². The summed E-state index contributed by atoms with van der Waals surface area (Å²) in [4.78, 5) is 13.9. The van der Waals surface area contributed by atoms with Crippen LogP contribution in [0.4, 0.5) is 0 Å². The molecule has 2 saturated heterocycles. The van der Waals surface area contributed by atoms with Gasteiger partial charge in [0.1, 0.15) is 0 Å². The zero-order valence-corrected chi connectivity index (χ0v) is 8.59. The third-order valence-electron chi connectivity index (χ3n) is 3.00. The van der Waals surface area contributed by atoms with Crippen molar-refractivity contribution in [2.45, 2.75) is 32.7 Å². The van der Waals surface area contributed by atoms with Crippen molar-refractivity contribution in [3.8, 4) is 0 Å². The fourth-order valence-electron chi connectivity index (χ4n) is 1.90. The maximum absolute atomic E-state index is 11.9. The molecule has 74 valence electrons. The van der Waals surface area contributed by atoms with Gasteiger partial charge >= 0.3 is 0 Å². The van der Waals surface area contributed by atoms with Gasteiger partial charge in [-0.1, -0.05) is 20.8 Å². The minimum absolute atomic E-state index is 0.102. The average Bonchev–Trinajstić information content (AvgIpc) is 1.78. The van der Waals surface area contributed by atoms with Gasteiger partial charge in [-0.15, -0.1) is 0 Å². The van der Waals surface area contributed by atoms with E-state index in [1.807, 2.05) is 25.7 Å². The molecular weight excluding hydrogens is 166 g/mol. The van der Waals surface area contributed by atoms with Gasteiger partial charge < -0.3 is 9.64 Å². The van der Waals surface area contributed by atoms with Crippen LogP contribution in [-0.4, -0.2) is 36.1 Å². The molecule has 0 aromatic heterocycles. The number of hydrogen-bond donors (Lipinski definition) is 0. The minimum Gasteiger partial charge on any atom is -0.376 e. The Morgan fingerprint density at radius 3 is 2.23 bits per heavy atom. The smallest absolute Gasteiger partial charge is 0.228 e. The van der Waals surface area contributed by atoms with Gasteiger partial charge in [0.2, 0.25) is 5.91 Å². The zero-order valence-electron chi connectivity index (χ0n) is 8.59. The van der Waals surface area contributed by atoms with Gasteiger partial charge in [-0.2, -0.15) is 0 Å². The van der Waals surface area contributed by atoms with Gasteiger partial charge in [-0.05, 0) is 6.42 Å². The van der Waals surface area contributed by atoms with E-state index in [1.165, 1.54) is 0 Å². The second kappa shape index (κ2) is 2.47. The maximum Gasteiger partial charge on any atom is 0.228 e. The monoisotopic (exact) mass is 183 g/mol. The lowest BCUT2D eigenvalue weighted by molar-refractivity contribution is -0.205. The van der Waals surface area contributed by atoms with E-state index in [0.29, 0.717) is 0 Å². The summed E-state index contributed by atoms with van der Waals surface area (Å²) in [5.41, 5.74) is -0.145. The van der Waals surface area contributed by atoms with Crippen LogP contribution in [0.2, 0.25) is 0 Å². The molecule has 2 heterocycles. The molecular formula is C10H17NO2. The molecule has 0 unspecified atom stereocenters. The molecule has 3 nitrogen and oxygen atoms in total. The molecule has 2 rings (SSSR count). The van der Waals surface area contributed by atoms with Gasteiger partial charge in [0.05, 0.1) is 18.8 Å². The number of carbonyl (C=O) groups excluding carboxylic acids is 1. The van der Waals surface area contributed by atoms with Crippen LogP contribution >= 0.6 is 0 Å². The van der Waals surface area contributed by atoms with E-state index in [9.17, 15) is 4.79 Å². The summed E-state index contributed by atoms with van der Waals surface area (Å²) in [5.74, 6) is 0.266. The number of nitrogens with zero attached hydrogens (tertiary/aromatic N) is 1. The highest BCUT2D eigenvalue weighted by atomic mass is 16.5. The molecule has 1 amide bonds. The predicted molar refractivity (Wildman–Crippen MR) is 49.3 cm³/mol. The van der Waals surface area contributed by atoms with Crippen LogP contribution in [0.15, 0.2) is 0 Å². The lowest BCUT2D eigenvalue weighted by Gasteiger charge is -2.58. The Balaban J connectivity index is 2.06. The fraction of sp³-hybridized carbons (Fsp3) is 0.900. The summed E-state index contributed by atoms with van der Waals surface area (Å²) in [6.07, 6.45) is 1.12. The first kappa shape index (κ1) is 9.00. The van der Waals surface area contributed by atoms with Crippen LogP contribution in [0.3, 0.4) is 0 Å². The number of likely N-dealkylation sites (tertiary alicyclic amines) is 1. The van der Waals surface area contributed by atoms with E-state index >= 15 is 0 Å². The largest absolute Gasteiger partial charge is 0.376 e. The van der Waals surface area contributed by atoms with Crippen molar-refractivity contribution >= 4 is 5.91 Å². The van der Waals surface area contributed by atoms with Crippen LogP contribution in [0.1, 0.15) is 27.2 Å². The van der Waals surface area contributed by atoms with Crippen molar-refractivity contribution in [2.75, 3.05) is 19.8 Å². The number of hydrogen-bond acceptors (Lipinski definition) is 2. The lowest BCUT2D eigenvalue weighted by Crippen LogP contribution is -2.73.